The van der Waals surface area contributed by atoms with Gasteiger partial charge < -0.3 is 14.6 Å². The maximum atomic E-state index is 11.1. The molecule has 0 saturated carbocycles. The Labute approximate surface area is 99.2 Å². The third-order valence-electron chi connectivity index (χ3n) is 2.10. The molecular formula is C10H13NO5S. The average Bonchev–Trinajstić information content (AvgIpc) is 3.01. The van der Waals surface area contributed by atoms with Crippen molar-refractivity contribution in [2.45, 2.75) is 6.10 Å². The highest BCUT2D eigenvalue weighted by molar-refractivity contribution is 7.92. The minimum Gasteiger partial charge on any atom is -0.506 e. The van der Waals surface area contributed by atoms with E-state index in [0.29, 0.717) is 19.0 Å². The molecule has 1 unspecified atom stereocenters. The standard InChI is InChI=1S/C10H13NO5S/c1-17(13,14)11-9-4-7(2-3-10(9)12)15-5-8-6-16-8/h2-4,8,11-12H,5-6H2,1H3. The summed E-state index contributed by atoms with van der Waals surface area (Å²) in [5, 5.41) is 9.48. The number of anilines is 1. The number of nitrogens with one attached hydrogen (secondary N) is 1. The number of ether oxygens (including phenoxy) is 2. The molecule has 7 heteroatoms. The second-order valence-corrected chi connectivity index (χ2v) is 5.57. The predicted molar refractivity (Wildman–Crippen MR) is 61.8 cm³/mol. The first-order valence-corrected chi connectivity index (χ1v) is 6.88. The third kappa shape index (κ3) is 3.79. The van der Waals surface area contributed by atoms with Gasteiger partial charge in [-0.2, -0.15) is 0 Å². The maximum absolute atomic E-state index is 11.1. The second kappa shape index (κ2) is 4.42. The van der Waals surface area contributed by atoms with E-state index in [9.17, 15) is 13.5 Å². The summed E-state index contributed by atoms with van der Waals surface area (Å²) in [5.74, 6) is 0.329. The van der Waals surface area contributed by atoms with Crippen molar-refractivity contribution in [3.63, 3.8) is 0 Å². The van der Waals surface area contributed by atoms with Gasteiger partial charge in [0.25, 0.3) is 0 Å². The molecular weight excluding hydrogens is 246 g/mol. The topological polar surface area (TPSA) is 88.2 Å². The Balaban J connectivity index is 2.10. The number of hydrogen-bond donors (Lipinski definition) is 2. The van der Waals surface area contributed by atoms with Crippen LogP contribution in [0.1, 0.15) is 0 Å². The summed E-state index contributed by atoms with van der Waals surface area (Å²) < 4.78 is 34.7. The van der Waals surface area contributed by atoms with Crippen molar-refractivity contribution in [3.8, 4) is 11.5 Å². The molecule has 2 rings (SSSR count). The lowest BCUT2D eigenvalue weighted by Gasteiger charge is -2.09. The van der Waals surface area contributed by atoms with E-state index in [1.54, 1.807) is 6.07 Å². The van der Waals surface area contributed by atoms with Gasteiger partial charge in [-0.15, -0.1) is 0 Å². The molecule has 0 aliphatic carbocycles. The number of phenolic OH excluding ortho intramolecular Hbond substituents is 1. The summed E-state index contributed by atoms with van der Waals surface area (Å²) in [6.45, 7) is 1.11. The molecule has 0 radical (unpaired) electrons. The number of rotatable bonds is 5. The van der Waals surface area contributed by atoms with Crippen LogP contribution in [-0.4, -0.2) is 39.1 Å². The number of sulfonamides is 1. The minimum atomic E-state index is -3.43. The van der Waals surface area contributed by atoms with Gasteiger partial charge >= 0.3 is 0 Å². The predicted octanol–water partition coefficient (Wildman–Crippen LogP) is 0.541. The van der Waals surface area contributed by atoms with Crippen molar-refractivity contribution in [1.29, 1.82) is 0 Å². The van der Waals surface area contributed by atoms with Gasteiger partial charge in [0.2, 0.25) is 10.0 Å². The quantitative estimate of drug-likeness (QED) is 0.595. The van der Waals surface area contributed by atoms with Crippen LogP contribution in [0.15, 0.2) is 18.2 Å². The Hall–Kier alpha value is -1.47. The van der Waals surface area contributed by atoms with Gasteiger partial charge in [0.15, 0.2) is 0 Å². The first-order valence-electron chi connectivity index (χ1n) is 4.99. The number of phenols is 1. The molecule has 1 aliphatic heterocycles. The monoisotopic (exact) mass is 259 g/mol. The fourth-order valence-electron chi connectivity index (χ4n) is 1.24. The summed E-state index contributed by atoms with van der Waals surface area (Å²) in [4.78, 5) is 0. The van der Waals surface area contributed by atoms with Gasteiger partial charge in [0.05, 0.1) is 18.6 Å². The Morgan fingerprint density at radius 3 is 2.88 bits per heavy atom. The van der Waals surface area contributed by atoms with Crippen molar-refractivity contribution in [3.05, 3.63) is 18.2 Å². The number of epoxide rings is 1. The van der Waals surface area contributed by atoms with E-state index in [1.807, 2.05) is 0 Å². The maximum Gasteiger partial charge on any atom is 0.229 e. The second-order valence-electron chi connectivity index (χ2n) is 3.82. The summed E-state index contributed by atoms with van der Waals surface area (Å²) in [6.07, 6.45) is 1.13. The zero-order valence-corrected chi connectivity index (χ0v) is 10.0. The van der Waals surface area contributed by atoms with Crippen LogP contribution in [0, 0.1) is 0 Å². The van der Waals surface area contributed by atoms with E-state index in [1.165, 1.54) is 12.1 Å². The summed E-state index contributed by atoms with van der Waals surface area (Å²) in [6, 6.07) is 4.36. The van der Waals surface area contributed by atoms with Crippen molar-refractivity contribution < 1.29 is 23.0 Å². The van der Waals surface area contributed by atoms with E-state index < -0.39 is 10.0 Å². The molecule has 94 valence electrons. The van der Waals surface area contributed by atoms with Gasteiger partial charge in [-0.05, 0) is 12.1 Å². The normalized spacial score (nSPS) is 18.8. The fourth-order valence-corrected chi connectivity index (χ4v) is 1.80. The van der Waals surface area contributed by atoms with Crippen LogP contribution >= 0.6 is 0 Å². The molecule has 1 aromatic rings. The smallest absolute Gasteiger partial charge is 0.229 e. The molecule has 1 fully saturated rings. The zero-order valence-electron chi connectivity index (χ0n) is 9.21. The van der Waals surface area contributed by atoms with Crippen LogP contribution in [-0.2, 0) is 14.8 Å². The van der Waals surface area contributed by atoms with Gasteiger partial charge in [0, 0.05) is 6.07 Å². The van der Waals surface area contributed by atoms with Crippen molar-refractivity contribution in [1.82, 2.24) is 0 Å². The van der Waals surface area contributed by atoms with Crippen molar-refractivity contribution in [2.24, 2.45) is 0 Å². The van der Waals surface area contributed by atoms with Crippen LogP contribution in [0.3, 0.4) is 0 Å². The highest BCUT2D eigenvalue weighted by Crippen LogP contribution is 2.29. The van der Waals surface area contributed by atoms with Crippen LogP contribution < -0.4 is 9.46 Å². The zero-order chi connectivity index (χ0) is 12.5. The highest BCUT2D eigenvalue weighted by Gasteiger charge is 2.23. The van der Waals surface area contributed by atoms with Crippen LogP contribution in [0.5, 0.6) is 11.5 Å². The van der Waals surface area contributed by atoms with E-state index in [-0.39, 0.29) is 17.5 Å². The molecule has 2 N–H and O–H groups in total. The Bertz CT molecular complexity index is 509. The van der Waals surface area contributed by atoms with Gasteiger partial charge in [-0.3, -0.25) is 4.72 Å². The molecule has 0 amide bonds. The van der Waals surface area contributed by atoms with Gasteiger partial charge in [0.1, 0.15) is 24.2 Å². The Kier molecular flexibility index (Phi) is 3.12. The van der Waals surface area contributed by atoms with E-state index in [0.717, 1.165) is 6.26 Å². The van der Waals surface area contributed by atoms with E-state index >= 15 is 0 Å². The lowest BCUT2D eigenvalue weighted by molar-refractivity contribution is 0.263. The molecule has 1 aliphatic rings. The number of hydrogen-bond acceptors (Lipinski definition) is 5. The van der Waals surface area contributed by atoms with E-state index in [2.05, 4.69) is 4.72 Å². The van der Waals surface area contributed by atoms with Crippen LogP contribution in [0.25, 0.3) is 0 Å². The lowest BCUT2D eigenvalue weighted by atomic mass is 10.3. The SMILES string of the molecule is CS(=O)(=O)Nc1cc(OCC2CO2)ccc1O. The Morgan fingerprint density at radius 1 is 1.59 bits per heavy atom. The van der Waals surface area contributed by atoms with Crippen LogP contribution in [0.2, 0.25) is 0 Å². The molecule has 0 spiro atoms. The first kappa shape index (κ1) is 12.0. The molecule has 1 atom stereocenters. The minimum absolute atomic E-state index is 0.0988. The van der Waals surface area contributed by atoms with Gasteiger partial charge in [-0.1, -0.05) is 0 Å². The molecule has 17 heavy (non-hydrogen) atoms. The summed E-state index contributed by atoms with van der Waals surface area (Å²) >= 11 is 0. The lowest BCUT2D eigenvalue weighted by Crippen LogP contribution is -2.10. The largest absolute Gasteiger partial charge is 0.506 e. The summed E-state index contributed by atoms with van der Waals surface area (Å²) in [5.41, 5.74) is 0.0988. The molecule has 1 saturated heterocycles. The highest BCUT2D eigenvalue weighted by atomic mass is 32.2. The molecule has 0 bridgehead atoms. The third-order valence-corrected chi connectivity index (χ3v) is 2.69. The van der Waals surface area contributed by atoms with Gasteiger partial charge in [-0.25, -0.2) is 8.42 Å². The summed E-state index contributed by atoms with van der Waals surface area (Å²) in [7, 11) is -3.43. The van der Waals surface area contributed by atoms with Crippen molar-refractivity contribution >= 4 is 15.7 Å². The molecule has 1 aromatic carbocycles. The first-order chi connectivity index (χ1) is 7.94. The molecule has 1 heterocycles. The Morgan fingerprint density at radius 2 is 2.29 bits per heavy atom. The number of aromatic hydroxyl groups is 1. The van der Waals surface area contributed by atoms with E-state index in [4.69, 9.17) is 9.47 Å². The fraction of sp³-hybridized carbons (Fsp3) is 0.400. The number of benzene rings is 1. The molecule has 6 nitrogen and oxygen atoms in total. The van der Waals surface area contributed by atoms with Crippen molar-refractivity contribution in [2.75, 3.05) is 24.2 Å². The van der Waals surface area contributed by atoms with Crippen LogP contribution in [0.4, 0.5) is 5.69 Å². The molecule has 0 aromatic heterocycles. The average molecular weight is 259 g/mol.